The average Bonchev–Trinajstić information content (AvgIpc) is 3.02. The summed E-state index contributed by atoms with van der Waals surface area (Å²) in [7, 11) is 0. The molecule has 0 radical (unpaired) electrons. The number of carboxylic acids is 1. The molecule has 1 atom stereocenters. The third kappa shape index (κ3) is 4.55. The summed E-state index contributed by atoms with van der Waals surface area (Å²) in [6.07, 6.45) is 2.26. The predicted molar refractivity (Wildman–Crippen MR) is 91.0 cm³/mol. The van der Waals surface area contributed by atoms with Gasteiger partial charge in [0.1, 0.15) is 0 Å². The summed E-state index contributed by atoms with van der Waals surface area (Å²) in [5.41, 5.74) is 2.62. The van der Waals surface area contributed by atoms with Gasteiger partial charge < -0.3 is 10.4 Å². The van der Waals surface area contributed by atoms with Crippen molar-refractivity contribution in [3.8, 4) is 5.69 Å². The van der Waals surface area contributed by atoms with Crippen LogP contribution in [0.5, 0.6) is 0 Å². The number of amides is 1. The van der Waals surface area contributed by atoms with Crippen molar-refractivity contribution >= 4 is 11.9 Å². The van der Waals surface area contributed by atoms with E-state index in [0.717, 1.165) is 16.8 Å². The largest absolute Gasteiger partial charge is 0.476 e. The number of benzene rings is 1. The number of nitrogens with one attached hydrogen (secondary N) is 1. The number of hydrogen-bond donors (Lipinski definition) is 2. The van der Waals surface area contributed by atoms with Crippen LogP contribution in [-0.2, 0) is 11.3 Å². The Balaban J connectivity index is 2.03. The molecule has 6 heteroatoms. The second-order valence-electron chi connectivity index (χ2n) is 5.90. The van der Waals surface area contributed by atoms with Gasteiger partial charge in [-0.1, -0.05) is 24.6 Å². The van der Waals surface area contributed by atoms with Crippen molar-refractivity contribution in [1.82, 2.24) is 15.1 Å². The molecule has 126 valence electrons. The third-order valence-corrected chi connectivity index (χ3v) is 3.55. The topological polar surface area (TPSA) is 84.2 Å². The zero-order valence-electron chi connectivity index (χ0n) is 13.8. The lowest BCUT2D eigenvalue weighted by molar-refractivity contribution is -0.124. The van der Waals surface area contributed by atoms with Gasteiger partial charge in [-0.15, -0.1) is 6.58 Å². The Morgan fingerprint density at radius 1 is 1.38 bits per heavy atom. The second-order valence-corrected chi connectivity index (χ2v) is 5.90. The predicted octanol–water partition coefficient (Wildman–Crippen LogP) is 2.79. The SMILES string of the molecule is C=C(C)CC(C)C(=O)NCc1cccc(-n2ccc(C(=O)O)n2)c1. The summed E-state index contributed by atoms with van der Waals surface area (Å²) in [4.78, 5) is 23.0. The molecule has 1 aromatic heterocycles. The highest BCUT2D eigenvalue weighted by Crippen LogP contribution is 2.12. The lowest BCUT2D eigenvalue weighted by atomic mass is 10.0. The summed E-state index contributed by atoms with van der Waals surface area (Å²) in [6, 6.07) is 8.87. The minimum atomic E-state index is -1.07. The Morgan fingerprint density at radius 2 is 2.12 bits per heavy atom. The normalized spacial score (nSPS) is 11.8. The van der Waals surface area contributed by atoms with Crippen LogP contribution < -0.4 is 5.32 Å². The smallest absolute Gasteiger partial charge is 0.356 e. The number of allylic oxidation sites excluding steroid dienone is 1. The number of carboxylic acid groups (broad SMARTS) is 1. The molecule has 0 aliphatic carbocycles. The fraction of sp³-hybridized carbons (Fsp3) is 0.278. The van der Waals surface area contributed by atoms with Crippen LogP contribution in [0.3, 0.4) is 0 Å². The van der Waals surface area contributed by atoms with Crippen LogP contribution in [0.25, 0.3) is 5.69 Å². The molecule has 0 bridgehead atoms. The lowest BCUT2D eigenvalue weighted by Crippen LogP contribution is -2.28. The maximum absolute atomic E-state index is 12.1. The highest BCUT2D eigenvalue weighted by Gasteiger charge is 2.12. The molecule has 1 unspecified atom stereocenters. The van der Waals surface area contributed by atoms with Gasteiger partial charge >= 0.3 is 5.97 Å². The number of aromatic carboxylic acids is 1. The second kappa shape index (κ2) is 7.59. The molecule has 1 aromatic carbocycles. The standard InChI is InChI=1S/C18H21N3O3/c1-12(2)9-13(3)17(22)19-11-14-5-4-6-15(10-14)21-8-7-16(20-21)18(23)24/h4-8,10,13H,1,9,11H2,2-3H3,(H,19,22)(H,23,24). The molecule has 6 nitrogen and oxygen atoms in total. The van der Waals surface area contributed by atoms with E-state index in [1.165, 1.54) is 10.7 Å². The molecule has 1 heterocycles. The van der Waals surface area contributed by atoms with Gasteiger partial charge in [0.25, 0.3) is 0 Å². The quantitative estimate of drug-likeness (QED) is 0.766. The molecule has 2 N–H and O–H groups in total. The Morgan fingerprint density at radius 3 is 2.75 bits per heavy atom. The van der Waals surface area contributed by atoms with Gasteiger partial charge in [-0.2, -0.15) is 5.10 Å². The van der Waals surface area contributed by atoms with Crippen LogP contribution in [0.2, 0.25) is 0 Å². The number of rotatable bonds is 7. The van der Waals surface area contributed by atoms with E-state index in [2.05, 4.69) is 17.0 Å². The summed E-state index contributed by atoms with van der Waals surface area (Å²) in [5.74, 6) is -1.20. The van der Waals surface area contributed by atoms with Crippen LogP contribution in [0, 0.1) is 5.92 Å². The van der Waals surface area contributed by atoms with Crippen molar-refractivity contribution in [2.45, 2.75) is 26.8 Å². The van der Waals surface area contributed by atoms with Crippen LogP contribution in [0.4, 0.5) is 0 Å². The van der Waals surface area contributed by atoms with Crippen LogP contribution in [0.1, 0.15) is 36.3 Å². The van der Waals surface area contributed by atoms with E-state index in [4.69, 9.17) is 5.11 Å². The molecule has 2 aromatic rings. The fourth-order valence-electron chi connectivity index (χ4n) is 2.37. The molecule has 0 spiro atoms. The van der Waals surface area contributed by atoms with Gasteiger partial charge in [-0.05, 0) is 37.1 Å². The molecule has 0 aliphatic rings. The lowest BCUT2D eigenvalue weighted by Gasteiger charge is -2.12. The first kappa shape index (κ1) is 17.5. The number of aromatic nitrogens is 2. The summed E-state index contributed by atoms with van der Waals surface area (Å²) in [5, 5.41) is 15.8. The number of carbonyl (C=O) groups excluding carboxylic acids is 1. The highest BCUT2D eigenvalue weighted by molar-refractivity contribution is 5.85. The monoisotopic (exact) mass is 327 g/mol. The van der Waals surface area contributed by atoms with Gasteiger partial charge in [-0.25, -0.2) is 9.48 Å². The van der Waals surface area contributed by atoms with Crippen LogP contribution >= 0.6 is 0 Å². The van der Waals surface area contributed by atoms with Crippen molar-refractivity contribution in [3.05, 3.63) is 59.9 Å². The average molecular weight is 327 g/mol. The zero-order chi connectivity index (χ0) is 17.7. The molecule has 0 saturated heterocycles. The van der Waals surface area contributed by atoms with Crippen LogP contribution in [-0.4, -0.2) is 26.8 Å². The van der Waals surface area contributed by atoms with E-state index in [9.17, 15) is 9.59 Å². The van der Waals surface area contributed by atoms with Gasteiger partial charge in [0.15, 0.2) is 5.69 Å². The summed E-state index contributed by atoms with van der Waals surface area (Å²) in [6.45, 7) is 8.00. The molecule has 0 saturated carbocycles. The minimum absolute atomic E-state index is 0.0117. The van der Waals surface area contributed by atoms with Gasteiger partial charge in [-0.3, -0.25) is 4.79 Å². The highest BCUT2D eigenvalue weighted by atomic mass is 16.4. The van der Waals surface area contributed by atoms with Crippen molar-refractivity contribution in [3.63, 3.8) is 0 Å². The molecule has 2 rings (SSSR count). The number of carbonyl (C=O) groups is 2. The van der Waals surface area contributed by atoms with E-state index < -0.39 is 5.97 Å². The van der Waals surface area contributed by atoms with E-state index in [1.807, 2.05) is 38.1 Å². The Kier molecular flexibility index (Phi) is 5.52. The van der Waals surface area contributed by atoms with E-state index >= 15 is 0 Å². The Labute approximate surface area is 140 Å². The molecule has 1 amide bonds. The first-order chi connectivity index (χ1) is 11.4. The summed E-state index contributed by atoms with van der Waals surface area (Å²) >= 11 is 0. The summed E-state index contributed by atoms with van der Waals surface area (Å²) < 4.78 is 1.50. The number of hydrogen-bond acceptors (Lipinski definition) is 3. The molecular formula is C18H21N3O3. The van der Waals surface area contributed by atoms with E-state index in [-0.39, 0.29) is 17.5 Å². The molecule has 0 fully saturated rings. The Bertz CT molecular complexity index is 764. The molecule has 24 heavy (non-hydrogen) atoms. The van der Waals surface area contributed by atoms with E-state index in [0.29, 0.717) is 13.0 Å². The van der Waals surface area contributed by atoms with Gasteiger partial charge in [0.05, 0.1) is 5.69 Å². The third-order valence-electron chi connectivity index (χ3n) is 3.55. The number of nitrogens with zero attached hydrogens (tertiary/aromatic N) is 2. The van der Waals surface area contributed by atoms with Crippen molar-refractivity contribution in [1.29, 1.82) is 0 Å². The minimum Gasteiger partial charge on any atom is -0.476 e. The van der Waals surface area contributed by atoms with Crippen LogP contribution in [0.15, 0.2) is 48.7 Å². The van der Waals surface area contributed by atoms with Gasteiger partial charge in [0, 0.05) is 18.7 Å². The maximum Gasteiger partial charge on any atom is 0.356 e. The zero-order valence-corrected chi connectivity index (χ0v) is 13.8. The van der Waals surface area contributed by atoms with Crippen molar-refractivity contribution in [2.24, 2.45) is 5.92 Å². The fourth-order valence-corrected chi connectivity index (χ4v) is 2.37. The maximum atomic E-state index is 12.1. The van der Waals surface area contributed by atoms with Gasteiger partial charge in [0.2, 0.25) is 5.91 Å². The van der Waals surface area contributed by atoms with Crippen molar-refractivity contribution in [2.75, 3.05) is 0 Å². The molecular weight excluding hydrogens is 306 g/mol. The first-order valence-corrected chi connectivity index (χ1v) is 7.67. The van der Waals surface area contributed by atoms with Crippen molar-refractivity contribution < 1.29 is 14.7 Å². The first-order valence-electron chi connectivity index (χ1n) is 7.67. The van der Waals surface area contributed by atoms with E-state index in [1.54, 1.807) is 6.20 Å². The molecule has 0 aliphatic heterocycles. The Hall–Kier alpha value is -2.89.